The Bertz CT molecular complexity index is 426. The van der Waals surface area contributed by atoms with Gasteiger partial charge < -0.3 is 13.7 Å². The van der Waals surface area contributed by atoms with Crippen molar-refractivity contribution in [1.29, 1.82) is 0 Å². The Morgan fingerprint density at radius 3 is 1.12 bits per heavy atom. The Kier molecular flexibility index (Phi) is 17.0. The Balaban J connectivity index is -0.000000105. The molecule has 1 N–H and O–H groups in total. The molecule has 0 rings (SSSR count). The molecule has 0 radical (unpaired) electrons. The average Bonchev–Trinajstić information content (AvgIpc) is 1.76. The molecule has 0 aliphatic carbocycles. The SMILES string of the molecule is O=S(=O)([O-])OOS(=O)(=O)O.O=S(=O)([O-])[O-].[Ca+2].[Na+]. The first-order chi connectivity index (χ1) is 6.21. The summed E-state index contributed by atoms with van der Waals surface area (Å²) in [7, 11) is -15.5. The Morgan fingerprint density at radius 2 is 1.06 bits per heavy atom. The molecule has 0 aromatic rings. The van der Waals surface area contributed by atoms with Gasteiger partial charge in [-0.3, -0.25) is 13.0 Å². The van der Waals surface area contributed by atoms with E-state index in [1.54, 1.807) is 0 Å². The van der Waals surface area contributed by atoms with E-state index < -0.39 is 31.2 Å². The fraction of sp³-hybridized carbons (Fsp3) is 0. The van der Waals surface area contributed by atoms with Gasteiger partial charge in [0, 0.05) is 10.4 Å². The van der Waals surface area contributed by atoms with Crippen LogP contribution in [-0.4, -0.2) is 81.2 Å². The Hall–Kier alpha value is 1.87. The topological polar surface area (TPSA) is 210 Å². The van der Waals surface area contributed by atoms with E-state index in [-0.39, 0.29) is 67.3 Å². The minimum Gasteiger partial charge on any atom is -0.759 e. The van der Waals surface area contributed by atoms with Gasteiger partial charge in [-0.1, -0.05) is 8.67 Å². The summed E-state index contributed by atoms with van der Waals surface area (Å²) in [6, 6.07) is 0. The molecule has 0 amide bonds. The third-order valence-electron chi connectivity index (χ3n) is 0.197. The molecule has 0 heterocycles. The molecule has 0 spiro atoms. The van der Waals surface area contributed by atoms with E-state index in [2.05, 4.69) is 8.67 Å². The number of hydrogen-bond acceptors (Lipinski definition) is 11. The molecule has 17 heavy (non-hydrogen) atoms. The van der Waals surface area contributed by atoms with E-state index >= 15 is 0 Å². The van der Waals surface area contributed by atoms with Crippen LogP contribution in [-0.2, 0) is 39.9 Å². The molecule has 0 aromatic carbocycles. The van der Waals surface area contributed by atoms with Crippen molar-refractivity contribution in [3.8, 4) is 0 Å². The van der Waals surface area contributed by atoms with Gasteiger partial charge in [0.05, 0.1) is 0 Å². The fourth-order valence-electron chi connectivity index (χ4n) is 0.0691. The average molecular weight is 352 g/mol. The van der Waals surface area contributed by atoms with Gasteiger partial charge in [-0.25, -0.2) is 8.42 Å². The van der Waals surface area contributed by atoms with Crippen molar-refractivity contribution in [2.24, 2.45) is 0 Å². The minimum atomic E-state index is -5.27. The third-order valence-corrected chi connectivity index (χ3v) is 0.758. The van der Waals surface area contributed by atoms with Crippen molar-refractivity contribution in [3.05, 3.63) is 0 Å². The molecule has 0 saturated carbocycles. The molecular weight excluding hydrogens is 351 g/mol. The zero-order chi connectivity index (χ0) is 12.9. The van der Waals surface area contributed by atoms with Gasteiger partial charge in [-0.2, -0.15) is 8.42 Å². The van der Waals surface area contributed by atoms with Gasteiger partial charge in [-0.15, -0.1) is 0 Å². The van der Waals surface area contributed by atoms with Crippen molar-refractivity contribution in [2.75, 3.05) is 0 Å². The van der Waals surface area contributed by atoms with Crippen LogP contribution in [0.1, 0.15) is 0 Å². The van der Waals surface area contributed by atoms with Crippen LogP contribution in [0.5, 0.6) is 0 Å². The summed E-state index contributed by atoms with van der Waals surface area (Å²) in [5, 5.41) is 0. The second-order valence-electron chi connectivity index (χ2n) is 1.38. The van der Waals surface area contributed by atoms with Gasteiger partial charge in [0.25, 0.3) is 0 Å². The maximum atomic E-state index is 9.48. The molecule has 0 atom stereocenters. The van der Waals surface area contributed by atoms with Gasteiger partial charge >= 0.3 is 77.7 Å². The van der Waals surface area contributed by atoms with Crippen LogP contribution < -0.4 is 29.6 Å². The molecular formula is HCaNaO12S3. The van der Waals surface area contributed by atoms with Crippen LogP contribution in [0.15, 0.2) is 0 Å². The van der Waals surface area contributed by atoms with Crippen molar-refractivity contribution in [1.82, 2.24) is 0 Å². The van der Waals surface area contributed by atoms with Crippen molar-refractivity contribution in [2.45, 2.75) is 0 Å². The van der Waals surface area contributed by atoms with Crippen LogP contribution in [0.3, 0.4) is 0 Å². The smallest absolute Gasteiger partial charge is 0.759 e. The van der Waals surface area contributed by atoms with E-state index in [4.69, 9.17) is 22.1 Å². The predicted octanol–water partition coefficient (Wildman–Crippen LogP) is -6.52. The van der Waals surface area contributed by atoms with E-state index in [0.717, 1.165) is 0 Å². The van der Waals surface area contributed by atoms with Crippen molar-refractivity contribution >= 4 is 68.9 Å². The Labute approximate surface area is 148 Å². The zero-order valence-corrected chi connectivity index (χ0v) is 14.5. The second-order valence-corrected chi connectivity index (χ2v) is 4.14. The van der Waals surface area contributed by atoms with Crippen LogP contribution in [0.2, 0.25) is 0 Å². The monoisotopic (exact) mass is 352 g/mol. The molecule has 12 nitrogen and oxygen atoms in total. The number of rotatable bonds is 3. The summed E-state index contributed by atoms with van der Waals surface area (Å²) in [4.78, 5) is 0. The largest absolute Gasteiger partial charge is 2.00 e. The van der Waals surface area contributed by atoms with Crippen LogP contribution in [0.25, 0.3) is 0 Å². The molecule has 0 aliphatic heterocycles. The summed E-state index contributed by atoms with van der Waals surface area (Å²) in [6.45, 7) is 0. The first-order valence-corrected chi connectivity index (χ1v) is 6.21. The van der Waals surface area contributed by atoms with Gasteiger partial charge in [0.15, 0.2) is 0 Å². The normalized spacial score (nSPS) is 11.3. The molecule has 0 aliphatic rings. The fourth-order valence-corrected chi connectivity index (χ4v) is 0.622. The summed E-state index contributed by atoms with van der Waals surface area (Å²) in [5.41, 5.74) is 0. The quantitative estimate of drug-likeness (QED) is 0.165. The van der Waals surface area contributed by atoms with E-state index in [1.165, 1.54) is 0 Å². The first-order valence-electron chi connectivity index (χ1n) is 2.18. The maximum Gasteiger partial charge on any atom is 2.00 e. The van der Waals surface area contributed by atoms with Gasteiger partial charge in [-0.05, 0) is 0 Å². The van der Waals surface area contributed by atoms with E-state index in [0.29, 0.717) is 0 Å². The molecule has 0 unspecified atom stereocenters. The summed E-state index contributed by atoms with van der Waals surface area (Å²) in [6.07, 6.45) is 0. The summed E-state index contributed by atoms with van der Waals surface area (Å²) >= 11 is 0. The molecule has 0 aromatic heterocycles. The molecule has 94 valence electrons. The molecule has 17 heteroatoms. The van der Waals surface area contributed by atoms with Crippen LogP contribution in [0, 0.1) is 0 Å². The first kappa shape index (κ1) is 27.3. The Morgan fingerprint density at radius 1 is 0.824 bits per heavy atom. The molecule has 0 saturated heterocycles. The number of hydrogen-bond donors (Lipinski definition) is 1. The minimum absolute atomic E-state index is 0. The van der Waals surface area contributed by atoms with Gasteiger partial charge in [0.2, 0.25) is 10.4 Å². The van der Waals surface area contributed by atoms with Gasteiger partial charge in [0.1, 0.15) is 0 Å². The molecule has 0 bridgehead atoms. The van der Waals surface area contributed by atoms with Crippen molar-refractivity contribution < 1.29 is 81.7 Å². The van der Waals surface area contributed by atoms with E-state index in [9.17, 15) is 21.4 Å². The summed E-state index contributed by atoms with van der Waals surface area (Å²) < 4.78 is 94.2. The predicted molar refractivity (Wildman–Crippen MR) is 39.6 cm³/mol. The maximum absolute atomic E-state index is 9.48. The van der Waals surface area contributed by atoms with E-state index in [1.807, 2.05) is 0 Å². The zero-order valence-electron chi connectivity index (χ0n) is 7.87. The van der Waals surface area contributed by atoms with Crippen LogP contribution in [0.4, 0.5) is 0 Å². The van der Waals surface area contributed by atoms with Crippen molar-refractivity contribution in [3.63, 3.8) is 0 Å². The van der Waals surface area contributed by atoms with Crippen LogP contribution >= 0.6 is 0 Å². The summed E-state index contributed by atoms with van der Waals surface area (Å²) in [5.74, 6) is 0. The third kappa shape index (κ3) is 57.2. The second kappa shape index (κ2) is 10.6. The standard InChI is InChI=1S/Ca.Na.H2O8S2.H2O4S/c;;1-9(2,3)7-8-10(4,5)6;1-5(2,3)4/h;;(H,1,2,3)(H,4,5,6);(H2,1,2,3,4)/q+2;+1;;/p-3. The molecule has 0 fully saturated rings.